The first kappa shape index (κ1) is 24.6. The molecule has 0 amide bonds. The van der Waals surface area contributed by atoms with Gasteiger partial charge in [0.05, 0.1) is 50.2 Å². The number of non-ortho nitro benzene ring substituents is 1. The van der Waals surface area contributed by atoms with Gasteiger partial charge in [-0.15, -0.1) is 0 Å². The van der Waals surface area contributed by atoms with Gasteiger partial charge in [-0.25, -0.2) is 8.42 Å². The summed E-state index contributed by atoms with van der Waals surface area (Å²) in [7, 11) is 0.773. The molecule has 0 aliphatic carbocycles. The highest BCUT2D eigenvalue weighted by molar-refractivity contribution is 7.80. The van der Waals surface area contributed by atoms with Gasteiger partial charge in [-0.05, 0) is 6.07 Å². The molecule has 0 atom stereocenters. The maximum Gasteiger partial charge on any atom is 0.317 e. The van der Waals surface area contributed by atoms with Crippen LogP contribution in [0.25, 0.3) is 0 Å². The number of piperazine rings is 1. The van der Waals surface area contributed by atoms with Crippen LogP contribution in [0.15, 0.2) is 18.2 Å². The smallest absolute Gasteiger partial charge is 0.317 e. The van der Waals surface area contributed by atoms with Gasteiger partial charge in [0.2, 0.25) is 10.4 Å². The summed E-state index contributed by atoms with van der Waals surface area (Å²) in [6, 6.07) is 3.42. The maximum atomic E-state index is 11.0. The van der Waals surface area contributed by atoms with Crippen LogP contribution in [-0.4, -0.2) is 92.7 Å². The topological polar surface area (TPSA) is 165 Å². The van der Waals surface area contributed by atoms with Crippen molar-refractivity contribution >= 4 is 21.8 Å². The molecule has 13 nitrogen and oxygen atoms in total. The molecule has 2 rings (SSSR count). The molecule has 1 aliphatic rings. The number of nitrogens with zero attached hydrogens (tertiary/aromatic N) is 4. The molecule has 0 aromatic heterocycles. The molecule has 0 bridgehead atoms. The molecule has 1 saturated heterocycles. The molecule has 164 valence electrons. The van der Waals surface area contributed by atoms with Gasteiger partial charge in [0.25, 0.3) is 5.69 Å². The normalized spacial score (nSPS) is 16.4. The zero-order valence-electron chi connectivity index (χ0n) is 16.3. The minimum absolute atomic E-state index is 0.0636. The quantitative estimate of drug-likeness (QED) is 0.191. The lowest BCUT2D eigenvalue weighted by molar-refractivity contribution is -0.894. The Bertz CT molecular complexity index is 819. The zero-order valence-corrected chi connectivity index (χ0v) is 17.2. The monoisotopic (exact) mass is 436 g/mol. The van der Waals surface area contributed by atoms with E-state index in [2.05, 4.69) is 23.2 Å². The molecule has 0 spiro atoms. The van der Waals surface area contributed by atoms with E-state index < -0.39 is 20.2 Å². The Hall–Kier alpha value is -2.39. The Kier molecular flexibility index (Phi) is 8.84. The van der Waals surface area contributed by atoms with Crippen molar-refractivity contribution in [1.82, 2.24) is 4.90 Å². The Morgan fingerprint density at radius 3 is 2.14 bits per heavy atom. The number of ether oxygens (including phenoxy) is 1. The van der Waals surface area contributed by atoms with Crippen LogP contribution in [0, 0.1) is 20.2 Å². The van der Waals surface area contributed by atoms with Crippen molar-refractivity contribution in [1.29, 1.82) is 0 Å². The van der Waals surface area contributed by atoms with Crippen molar-refractivity contribution in [3.05, 3.63) is 38.4 Å². The van der Waals surface area contributed by atoms with Crippen molar-refractivity contribution in [2.75, 3.05) is 60.5 Å². The third kappa shape index (κ3) is 9.10. The zero-order chi connectivity index (χ0) is 22.2. The number of likely N-dealkylation sites (N-methyl/N-ethyl adjacent to an activating group) is 1. The lowest BCUT2D eigenvalue weighted by atomic mass is 10.2. The average Bonchev–Trinajstić information content (AvgIpc) is 2.63. The standard InChI is InChI=1S/C14H21N4O5.CH4O4S/c1-18(2)8-5-15(6-9-18)7-10-23-14-4-3-12(16(19)20)11-13(14)17(21)22;1-5-6(2,3)4/h3-4,11H,5-10H2,1-2H3;1H3,(H,2,3,4)/q+1;/p-1. The predicted molar refractivity (Wildman–Crippen MR) is 100 cm³/mol. The predicted octanol–water partition coefficient (Wildman–Crippen LogP) is 0.367. The highest BCUT2D eigenvalue weighted by Crippen LogP contribution is 2.30. The number of quaternary nitrogens is 1. The summed E-state index contributed by atoms with van der Waals surface area (Å²) in [6.07, 6.45) is 0. The summed E-state index contributed by atoms with van der Waals surface area (Å²) < 4.78 is 37.5. The largest absolute Gasteiger partial charge is 0.726 e. The highest BCUT2D eigenvalue weighted by Gasteiger charge is 2.24. The van der Waals surface area contributed by atoms with Crippen molar-refractivity contribution in [2.45, 2.75) is 0 Å². The van der Waals surface area contributed by atoms with E-state index in [0.29, 0.717) is 13.2 Å². The summed E-state index contributed by atoms with van der Waals surface area (Å²) in [5, 5.41) is 21.7. The van der Waals surface area contributed by atoms with E-state index in [9.17, 15) is 33.2 Å². The fraction of sp³-hybridized carbons (Fsp3) is 0.600. The van der Waals surface area contributed by atoms with Crippen molar-refractivity contribution < 1.29 is 36.2 Å². The van der Waals surface area contributed by atoms with Crippen LogP contribution in [0.1, 0.15) is 0 Å². The third-order valence-corrected chi connectivity index (χ3v) is 4.67. The van der Waals surface area contributed by atoms with E-state index in [-0.39, 0.29) is 17.1 Å². The summed E-state index contributed by atoms with van der Waals surface area (Å²) in [6.45, 7) is 5.01. The minimum Gasteiger partial charge on any atom is -0.726 e. The second-order valence-corrected chi connectivity index (χ2v) is 7.96. The molecule has 0 unspecified atom stereocenters. The Labute approximate surface area is 168 Å². The number of rotatable bonds is 7. The number of hydrogen-bond acceptors (Lipinski definition) is 10. The first-order chi connectivity index (χ1) is 13.3. The summed E-state index contributed by atoms with van der Waals surface area (Å²) >= 11 is 0. The molecule has 1 aromatic carbocycles. The van der Waals surface area contributed by atoms with Crippen LogP contribution in [0.5, 0.6) is 5.75 Å². The van der Waals surface area contributed by atoms with Crippen LogP contribution in [0.2, 0.25) is 0 Å². The second-order valence-electron chi connectivity index (χ2n) is 6.81. The molecular weight excluding hydrogens is 412 g/mol. The molecule has 0 N–H and O–H groups in total. The second kappa shape index (κ2) is 10.4. The first-order valence-corrected chi connectivity index (χ1v) is 9.79. The van der Waals surface area contributed by atoms with Crippen LogP contribution >= 0.6 is 0 Å². The molecule has 0 radical (unpaired) electrons. The van der Waals surface area contributed by atoms with E-state index in [0.717, 1.165) is 43.8 Å². The van der Waals surface area contributed by atoms with Crippen molar-refractivity contribution in [3.63, 3.8) is 0 Å². The Morgan fingerprint density at radius 1 is 1.14 bits per heavy atom. The van der Waals surface area contributed by atoms with Gasteiger partial charge in [-0.2, -0.15) is 0 Å². The molecular formula is C15H24N4O9S. The van der Waals surface area contributed by atoms with E-state index in [4.69, 9.17) is 4.74 Å². The van der Waals surface area contributed by atoms with E-state index in [1.54, 1.807) is 0 Å². The number of nitro groups is 2. The van der Waals surface area contributed by atoms with Crippen molar-refractivity contribution in [2.24, 2.45) is 0 Å². The van der Waals surface area contributed by atoms with Gasteiger partial charge in [0.15, 0.2) is 5.75 Å². The average molecular weight is 436 g/mol. The lowest BCUT2D eigenvalue weighted by Crippen LogP contribution is -2.55. The van der Waals surface area contributed by atoms with Crippen LogP contribution < -0.4 is 4.74 Å². The summed E-state index contributed by atoms with van der Waals surface area (Å²) in [5.41, 5.74) is -0.698. The minimum atomic E-state index is -4.41. The van der Waals surface area contributed by atoms with Crippen molar-refractivity contribution in [3.8, 4) is 5.75 Å². The molecule has 1 heterocycles. The molecule has 0 saturated carbocycles. The number of hydrogen-bond donors (Lipinski definition) is 0. The lowest BCUT2D eigenvalue weighted by Gasteiger charge is -2.38. The van der Waals surface area contributed by atoms with E-state index in [1.165, 1.54) is 12.1 Å². The fourth-order valence-electron chi connectivity index (χ4n) is 2.44. The van der Waals surface area contributed by atoms with Gasteiger partial charge in [-0.3, -0.25) is 29.3 Å². The van der Waals surface area contributed by atoms with Gasteiger partial charge < -0.3 is 13.8 Å². The third-order valence-electron chi connectivity index (χ3n) is 4.26. The Balaban J connectivity index is 0.000000612. The molecule has 14 heteroatoms. The molecule has 1 aliphatic heterocycles. The van der Waals surface area contributed by atoms with E-state index >= 15 is 0 Å². The molecule has 1 fully saturated rings. The number of nitro benzene ring substituents is 2. The van der Waals surface area contributed by atoms with Crippen LogP contribution in [0.4, 0.5) is 11.4 Å². The van der Waals surface area contributed by atoms with Gasteiger partial charge in [0, 0.05) is 25.7 Å². The van der Waals surface area contributed by atoms with Gasteiger partial charge >= 0.3 is 5.69 Å². The molecule has 1 aromatic rings. The van der Waals surface area contributed by atoms with Crippen LogP contribution in [-0.2, 0) is 14.6 Å². The van der Waals surface area contributed by atoms with Gasteiger partial charge in [-0.1, -0.05) is 0 Å². The first-order valence-electron chi connectivity index (χ1n) is 8.46. The SMILES string of the molecule is COS(=O)(=O)[O-].C[N+]1(C)CCN(CCOc2ccc([N+](=O)[O-])cc2[N+](=O)[O-])CC1. The maximum absolute atomic E-state index is 11.0. The fourth-order valence-corrected chi connectivity index (χ4v) is 2.44. The highest BCUT2D eigenvalue weighted by atomic mass is 32.3. The van der Waals surface area contributed by atoms with E-state index in [1.807, 2.05) is 0 Å². The number of benzene rings is 1. The Morgan fingerprint density at radius 2 is 1.69 bits per heavy atom. The molecule has 29 heavy (non-hydrogen) atoms. The summed E-state index contributed by atoms with van der Waals surface area (Å²) in [5.74, 6) is 0.0636. The van der Waals surface area contributed by atoms with Crippen LogP contribution in [0.3, 0.4) is 0 Å². The van der Waals surface area contributed by atoms with Gasteiger partial charge in [0.1, 0.15) is 6.61 Å². The summed E-state index contributed by atoms with van der Waals surface area (Å²) in [4.78, 5) is 22.6.